The second kappa shape index (κ2) is 11.5. The topological polar surface area (TPSA) is 90.5 Å². The molecule has 2 aromatic rings. The number of nitrogens with one attached hydrogen (secondary N) is 3. The number of allylic oxidation sites excluding steroid dienone is 1. The number of piperidine rings is 2. The summed E-state index contributed by atoms with van der Waals surface area (Å²) in [6.07, 6.45) is 1.85. The summed E-state index contributed by atoms with van der Waals surface area (Å²) in [4.78, 5) is 38.1. The Labute approximate surface area is 223 Å². The fourth-order valence-electron chi connectivity index (χ4n) is 4.83. The van der Waals surface area contributed by atoms with E-state index in [2.05, 4.69) is 22.5 Å². The third kappa shape index (κ3) is 6.40. The standard InChI is InChI=1S/C28H30F4N4O3/c1-16-13-21(4-6-23(16)29)35-26(38)19-3-5-24(30)22(14-19)28(31,32)27(39)36-11-8-20(9-12-36)34-17(2)18-7-10-33-25(37)15-18/h3-6,13-14,18,20,34H,2,7-12,15H2,1H3,(H,33,37)(H,35,38). The Bertz CT molecular complexity index is 1290. The largest absolute Gasteiger partial charge is 0.386 e. The molecule has 1 atom stereocenters. The number of aryl methyl sites for hydroxylation is 1. The summed E-state index contributed by atoms with van der Waals surface area (Å²) < 4.78 is 58.6. The maximum atomic E-state index is 15.3. The molecule has 2 aliphatic heterocycles. The highest BCUT2D eigenvalue weighted by Gasteiger charge is 2.47. The summed E-state index contributed by atoms with van der Waals surface area (Å²) >= 11 is 0. The van der Waals surface area contributed by atoms with E-state index in [1.165, 1.54) is 19.1 Å². The quantitative estimate of drug-likeness (QED) is 0.454. The molecule has 0 spiro atoms. The molecular weight excluding hydrogens is 516 g/mol. The molecule has 3 N–H and O–H groups in total. The van der Waals surface area contributed by atoms with Gasteiger partial charge in [0.2, 0.25) is 5.91 Å². The van der Waals surface area contributed by atoms with Gasteiger partial charge < -0.3 is 20.9 Å². The number of rotatable bonds is 7. The Morgan fingerprint density at radius 3 is 2.41 bits per heavy atom. The third-order valence-corrected chi connectivity index (χ3v) is 7.16. The van der Waals surface area contributed by atoms with Crippen molar-refractivity contribution in [1.82, 2.24) is 15.5 Å². The molecule has 39 heavy (non-hydrogen) atoms. The first kappa shape index (κ1) is 28.1. The average Bonchev–Trinajstić information content (AvgIpc) is 2.91. The lowest BCUT2D eigenvalue weighted by molar-refractivity contribution is -0.160. The lowest BCUT2D eigenvalue weighted by atomic mass is 9.93. The minimum atomic E-state index is -4.20. The van der Waals surface area contributed by atoms with Gasteiger partial charge in [-0.15, -0.1) is 0 Å². The minimum Gasteiger partial charge on any atom is -0.386 e. The smallest absolute Gasteiger partial charge is 0.352 e. The van der Waals surface area contributed by atoms with Crippen molar-refractivity contribution < 1.29 is 31.9 Å². The zero-order chi connectivity index (χ0) is 28.3. The molecule has 0 bridgehead atoms. The maximum Gasteiger partial charge on any atom is 0.352 e. The van der Waals surface area contributed by atoms with Gasteiger partial charge in [0.1, 0.15) is 11.6 Å². The molecule has 208 valence electrons. The molecule has 4 rings (SSSR count). The predicted molar refractivity (Wildman–Crippen MR) is 137 cm³/mol. The number of carbonyl (C=O) groups is 3. The second-order valence-electron chi connectivity index (χ2n) is 9.96. The van der Waals surface area contributed by atoms with E-state index >= 15 is 8.78 Å². The van der Waals surface area contributed by atoms with Crippen molar-refractivity contribution in [1.29, 1.82) is 0 Å². The van der Waals surface area contributed by atoms with Crippen LogP contribution in [0.3, 0.4) is 0 Å². The first-order valence-electron chi connectivity index (χ1n) is 12.7. The molecule has 11 heteroatoms. The summed E-state index contributed by atoms with van der Waals surface area (Å²) in [6, 6.07) is 6.14. The molecular formula is C28H30F4N4O3. The third-order valence-electron chi connectivity index (χ3n) is 7.16. The summed E-state index contributed by atoms with van der Waals surface area (Å²) in [7, 11) is 0. The van der Waals surface area contributed by atoms with E-state index in [0.717, 1.165) is 23.5 Å². The van der Waals surface area contributed by atoms with Gasteiger partial charge in [-0.3, -0.25) is 14.4 Å². The normalized spacial score (nSPS) is 18.3. The van der Waals surface area contributed by atoms with E-state index in [-0.39, 0.29) is 47.8 Å². The number of nitrogens with zero attached hydrogens (tertiary/aromatic N) is 1. The molecule has 2 aromatic carbocycles. The number of carbonyl (C=O) groups excluding carboxylic acids is 3. The van der Waals surface area contributed by atoms with Gasteiger partial charge in [-0.1, -0.05) is 6.58 Å². The highest BCUT2D eigenvalue weighted by molar-refractivity contribution is 6.04. The van der Waals surface area contributed by atoms with Crippen LogP contribution in [-0.2, 0) is 15.5 Å². The molecule has 0 radical (unpaired) electrons. The summed E-state index contributed by atoms with van der Waals surface area (Å²) in [5.74, 6) is -8.40. The van der Waals surface area contributed by atoms with Crippen molar-refractivity contribution in [3.05, 3.63) is 77.0 Å². The monoisotopic (exact) mass is 546 g/mol. The molecule has 3 amide bonds. The van der Waals surface area contributed by atoms with Crippen LogP contribution >= 0.6 is 0 Å². The van der Waals surface area contributed by atoms with Crippen molar-refractivity contribution >= 4 is 23.4 Å². The fraction of sp³-hybridized carbons (Fsp3) is 0.393. The van der Waals surface area contributed by atoms with Crippen molar-refractivity contribution in [2.75, 3.05) is 25.0 Å². The van der Waals surface area contributed by atoms with Gasteiger partial charge in [0.25, 0.3) is 11.8 Å². The molecule has 2 fully saturated rings. The van der Waals surface area contributed by atoms with Gasteiger partial charge in [-0.2, -0.15) is 8.78 Å². The van der Waals surface area contributed by atoms with E-state index in [9.17, 15) is 23.2 Å². The van der Waals surface area contributed by atoms with Crippen molar-refractivity contribution in [2.45, 2.75) is 44.6 Å². The zero-order valence-corrected chi connectivity index (χ0v) is 21.5. The van der Waals surface area contributed by atoms with Crippen LogP contribution in [0, 0.1) is 24.5 Å². The molecule has 7 nitrogen and oxygen atoms in total. The number of likely N-dealkylation sites (tertiary alicyclic amines) is 1. The summed E-state index contributed by atoms with van der Waals surface area (Å²) in [5.41, 5.74) is -0.251. The number of benzene rings is 2. The Balaban J connectivity index is 1.39. The molecule has 2 heterocycles. The van der Waals surface area contributed by atoms with Gasteiger partial charge in [0, 0.05) is 55.0 Å². The SMILES string of the molecule is C=C(NC1CCN(C(=O)C(F)(F)c2cc(C(=O)Nc3ccc(F)c(C)c3)ccc2F)CC1)C1CCNC(=O)C1. The fourth-order valence-corrected chi connectivity index (χ4v) is 4.83. The van der Waals surface area contributed by atoms with Crippen LogP contribution in [0.25, 0.3) is 0 Å². The van der Waals surface area contributed by atoms with Crippen molar-refractivity contribution in [3.63, 3.8) is 0 Å². The van der Waals surface area contributed by atoms with E-state index in [4.69, 9.17) is 0 Å². The van der Waals surface area contributed by atoms with Gasteiger partial charge >= 0.3 is 5.92 Å². The number of amides is 3. The highest BCUT2D eigenvalue weighted by Crippen LogP contribution is 2.34. The molecule has 1 unspecified atom stereocenters. The van der Waals surface area contributed by atoms with Crippen LogP contribution in [0.15, 0.2) is 48.7 Å². The Kier molecular flexibility index (Phi) is 8.27. The van der Waals surface area contributed by atoms with Gasteiger partial charge in [0.15, 0.2) is 0 Å². The molecule has 2 aliphatic rings. The number of hydrogen-bond donors (Lipinski definition) is 3. The Hall–Kier alpha value is -3.89. The molecule has 0 saturated carbocycles. The number of anilines is 1. The van der Waals surface area contributed by atoms with Gasteiger partial charge in [0.05, 0.1) is 5.56 Å². The molecule has 0 aromatic heterocycles. The van der Waals surface area contributed by atoms with Crippen molar-refractivity contribution in [2.24, 2.45) is 5.92 Å². The molecule has 0 aliphatic carbocycles. The number of halogens is 4. The first-order chi connectivity index (χ1) is 18.5. The predicted octanol–water partition coefficient (Wildman–Crippen LogP) is 4.24. The van der Waals surface area contributed by atoms with Crippen molar-refractivity contribution in [3.8, 4) is 0 Å². The van der Waals surface area contributed by atoms with E-state index in [0.29, 0.717) is 43.6 Å². The maximum absolute atomic E-state index is 15.3. The first-order valence-corrected chi connectivity index (χ1v) is 12.7. The molecule has 2 saturated heterocycles. The lowest BCUT2D eigenvalue weighted by Crippen LogP contribution is -2.50. The van der Waals surface area contributed by atoms with Crippen LogP contribution in [0.4, 0.5) is 23.2 Å². The van der Waals surface area contributed by atoms with Gasteiger partial charge in [-0.05, 0) is 68.1 Å². The van der Waals surface area contributed by atoms with E-state index in [1.54, 1.807) is 0 Å². The summed E-state index contributed by atoms with van der Waals surface area (Å²) in [6.45, 7) is 6.14. The highest BCUT2D eigenvalue weighted by atomic mass is 19.3. The van der Waals surface area contributed by atoms with Crippen LogP contribution < -0.4 is 16.0 Å². The van der Waals surface area contributed by atoms with Crippen LogP contribution in [0.5, 0.6) is 0 Å². The number of alkyl halides is 2. The number of hydrogen-bond acceptors (Lipinski definition) is 4. The van der Waals surface area contributed by atoms with Crippen LogP contribution in [-0.4, -0.2) is 48.3 Å². The average molecular weight is 547 g/mol. The zero-order valence-electron chi connectivity index (χ0n) is 21.5. The Morgan fingerprint density at radius 1 is 1.05 bits per heavy atom. The summed E-state index contributed by atoms with van der Waals surface area (Å²) in [5, 5.41) is 8.49. The van der Waals surface area contributed by atoms with Crippen LogP contribution in [0.2, 0.25) is 0 Å². The van der Waals surface area contributed by atoms with E-state index in [1.807, 2.05) is 0 Å². The second-order valence-corrected chi connectivity index (χ2v) is 9.96. The minimum absolute atomic E-state index is 0.0118. The van der Waals surface area contributed by atoms with Crippen LogP contribution in [0.1, 0.15) is 47.2 Å². The Morgan fingerprint density at radius 2 is 1.74 bits per heavy atom. The van der Waals surface area contributed by atoms with Gasteiger partial charge in [-0.25, -0.2) is 8.78 Å². The lowest BCUT2D eigenvalue weighted by Gasteiger charge is -2.36. The van der Waals surface area contributed by atoms with E-state index < -0.39 is 34.9 Å².